The molecule has 27 heavy (non-hydrogen) atoms. The van der Waals surface area contributed by atoms with E-state index in [2.05, 4.69) is 0 Å². The van der Waals surface area contributed by atoms with Crippen LogP contribution in [-0.4, -0.2) is 10.2 Å². The highest BCUT2D eigenvalue weighted by Crippen LogP contribution is 2.37. The molecule has 2 aromatic carbocycles. The van der Waals surface area contributed by atoms with Crippen molar-refractivity contribution in [1.29, 1.82) is 0 Å². The van der Waals surface area contributed by atoms with Crippen LogP contribution >= 0.6 is 24.0 Å². The minimum atomic E-state index is -0.232. The minimum absolute atomic E-state index is 0.173. The van der Waals surface area contributed by atoms with Crippen LogP contribution in [0.2, 0.25) is 0 Å². The van der Waals surface area contributed by atoms with Crippen molar-refractivity contribution in [3.8, 4) is 0 Å². The summed E-state index contributed by atoms with van der Waals surface area (Å²) in [5.74, 6) is -0.232. The maximum Gasteiger partial charge on any atom is 0.270 e. The van der Waals surface area contributed by atoms with Crippen molar-refractivity contribution >= 4 is 56.9 Å². The van der Waals surface area contributed by atoms with Crippen LogP contribution in [0, 0.1) is 13.8 Å². The third kappa shape index (κ3) is 3.11. The van der Waals surface area contributed by atoms with Gasteiger partial charge >= 0.3 is 0 Å². The lowest BCUT2D eigenvalue weighted by molar-refractivity contribution is -0.113. The Kier molecular flexibility index (Phi) is 4.45. The molecular weight excluding hydrogens is 378 g/mol. The number of rotatable bonds is 2. The van der Waals surface area contributed by atoms with E-state index in [9.17, 15) is 9.59 Å². The fourth-order valence-corrected chi connectivity index (χ4v) is 4.34. The van der Waals surface area contributed by atoms with Gasteiger partial charge in [0.25, 0.3) is 5.91 Å². The van der Waals surface area contributed by atoms with Crippen LogP contribution in [0.5, 0.6) is 0 Å². The van der Waals surface area contributed by atoms with E-state index < -0.39 is 0 Å². The van der Waals surface area contributed by atoms with Crippen LogP contribution in [0.1, 0.15) is 16.7 Å². The summed E-state index contributed by atoms with van der Waals surface area (Å²) in [6.07, 6.45) is 2.94. The molecular formula is C21H15NO3S2. The smallest absolute Gasteiger partial charge is 0.270 e. The van der Waals surface area contributed by atoms with Crippen molar-refractivity contribution in [2.45, 2.75) is 13.8 Å². The number of thioether (sulfide) groups is 1. The van der Waals surface area contributed by atoms with Gasteiger partial charge in [0.15, 0.2) is 9.75 Å². The Bertz CT molecular complexity index is 1190. The molecule has 134 valence electrons. The highest BCUT2D eigenvalue weighted by molar-refractivity contribution is 8.27. The predicted molar refractivity (Wildman–Crippen MR) is 114 cm³/mol. The number of carbonyl (C=O) groups excluding carboxylic acids is 1. The Morgan fingerprint density at radius 1 is 1.11 bits per heavy atom. The van der Waals surface area contributed by atoms with Crippen LogP contribution in [-0.2, 0) is 4.79 Å². The van der Waals surface area contributed by atoms with Gasteiger partial charge < -0.3 is 4.42 Å². The van der Waals surface area contributed by atoms with Crippen molar-refractivity contribution in [3.05, 3.63) is 80.5 Å². The van der Waals surface area contributed by atoms with Gasteiger partial charge in [-0.15, -0.1) is 0 Å². The molecule has 0 spiro atoms. The third-order valence-corrected chi connectivity index (χ3v) is 5.68. The predicted octanol–water partition coefficient (Wildman–Crippen LogP) is 4.82. The number of hydrogen-bond donors (Lipinski definition) is 0. The van der Waals surface area contributed by atoms with Gasteiger partial charge in [-0.2, -0.15) is 0 Å². The maximum atomic E-state index is 12.9. The van der Waals surface area contributed by atoms with Crippen LogP contribution in [0.15, 0.2) is 62.8 Å². The van der Waals surface area contributed by atoms with Gasteiger partial charge in [-0.1, -0.05) is 53.8 Å². The molecule has 3 aromatic rings. The van der Waals surface area contributed by atoms with Gasteiger partial charge in [-0.25, -0.2) is 0 Å². The maximum absolute atomic E-state index is 12.9. The van der Waals surface area contributed by atoms with E-state index >= 15 is 0 Å². The molecule has 1 aliphatic rings. The molecule has 1 aliphatic heterocycles. The number of hydrogen-bond acceptors (Lipinski definition) is 5. The van der Waals surface area contributed by atoms with Crippen LogP contribution in [0.3, 0.4) is 0 Å². The average molecular weight is 393 g/mol. The normalized spacial score (nSPS) is 15.9. The van der Waals surface area contributed by atoms with Crippen LogP contribution < -0.4 is 10.3 Å². The number of anilines is 1. The molecule has 0 saturated carbocycles. The van der Waals surface area contributed by atoms with Gasteiger partial charge in [0.1, 0.15) is 11.8 Å². The molecule has 1 amide bonds. The quantitative estimate of drug-likeness (QED) is 0.462. The van der Waals surface area contributed by atoms with Crippen molar-refractivity contribution in [3.63, 3.8) is 0 Å². The van der Waals surface area contributed by atoms with E-state index in [0.717, 1.165) is 16.8 Å². The standard InChI is InChI=1S/C21H15NO3S2/c1-12-7-8-16(13(2)9-12)22-20(24)18(27-21(22)26)10-14-11-25-17-6-4-3-5-15(17)19(14)23/h3-11H,1-2H3/b18-10+. The van der Waals surface area contributed by atoms with E-state index in [0.29, 0.717) is 25.8 Å². The van der Waals surface area contributed by atoms with Crippen molar-refractivity contribution < 1.29 is 9.21 Å². The van der Waals surface area contributed by atoms with E-state index in [1.165, 1.54) is 22.9 Å². The Hall–Kier alpha value is -2.70. The second-order valence-electron chi connectivity index (χ2n) is 6.32. The van der Waals surface area contributed by atoms with Crippen molar-refractivity contribution in [2.24, 2.45) is 0 Å². The van der Waals surface area contributed by atoms with E-state index in [1.807, 2.05) is 32.0 Å². The molecule has 1 saturated heterocycles. The number of benzene rings is 2. The lowest BCUT2D eigenvalue weighted by Gasteiger charge is -2.17. The summed E-state index contributed by atoms with van der Waals surface area (Å²) in [6, 6.07) is 12.9. The lowest BCUT2D eigenvalue weighted by atomic mass is 10.1. The first-order chi connectivity index (χ1) is 13.0. The molecule has 4 rings (SSSR count). The number of carbonyl (C=O) groups is 1. The SMILES string of the molecule is Cc1ccc(N2C(=O)/C(=C\c3coc4ccccc4c3=O)SC2=S)c(C)c1. The highest BCUT2D eigenvalue weighted by Gasteiger charge is 2.34. The zero-order valence-corrected chi connectivity index (χ0v) is 16.3. The summed E-state index contributed by atoms with van der Waals surface area (Å²) in [5, 5.41) is 0.483. The summed E-state index contributed by atoms with van der Waals surface area (Å²) in [4.78, 5) is 27.5. The third-order valence-electron chi connectivity index (χ3n) is 4.38. The number of nitrogens with zero attached hydrogens (tertiary/aromatic N) is 1. The summed E-state index contributed by atoms with van der Waals surface area (Å²) < 4.78 is 5.98. The molecule has 0 bridgehead atoms. The van der Waals surface area contributed by atoms with Gasteiger partial charge in [0.05, 0.1) is 21.5 Å². The zero-order chi connectivity index (χ0) is 19.1. The molecule has 0 N–H and O–H groups in total. The summed E-state index contributed by atoms with van der Waals surface area (Å²) in [5.41, 5.74) is 3.52. The average Bonchev–Trinajstić information content (AvgIpc) is 2.92. The number of thiocarbonyl (C=S) groups is 1. The number of fused-ring (bicyclic) bond motifs is 1. The topological polar surface area (TPSA) is 50.5 Å². The van der Waals surface area contributed by atoms with Gasteiger partial charge in [0, 0.05) is 0 Å². The molecule has 1 fully saturated rings. The number of aryl methyl sites for hydroxylation is 2. The van der Waals surface area contributed by atoms with Gasteiger partial charge in [-0.05, 0) is 43.7 Å². The van der Waals surface area contributed by atoms with E-state index in [1.54, 1.807) is 30.3 Å². The first-order valence-corrected chi connectivity index (χ1v) is 9.54. The fourth-order valence-electron chi connectivity index (χ4n) is 3.07. The zero-order valence-electron chi connectivity index (χ0n) is 14.7. The Morgan fingerprint density at radius 2 is 1.89 bits per heavy atom. The molecule has 1 aromatic heterocycles. The highest BCUT2D eigenvalue weighted by atomic mass is 32.2. The molecule has 0 atom stereocenters. The fraction of sp³-hybridized carbons (Fsp3) is 0.0952. The Labute approximate surface area is 165 Å². The number of para-hydroxylation sites is 1. The molecule has 2 heterocycles. The van der Waals surface area contributed by atoms with Crippen molar-refractivity contribution in [2.75, 3.05) is 4.90 Å². The summed E-state index contributed by atoms with van der Waals surface area (Å²) in [6.45, 7) is 3.95. The van der Waals surface area contributed by atoms with E-state index in [-0.39, 0.29) is 11.3 Å². The summed E-state index contributed by atoms with van der Waals surface area (Å²) >= 11 is 6.61. The molecule has 6 heteroatoms. The van der Waals surface area contributed by atoms with Crippen LogP contribution in [0.4, 0.5) is 5.69 Å². The molecule has 4 nitrogen and oxygen atoms in total. The summed E-state index contributed by atoms with van der Waals surface area (Å²) in [7, 11) is 0. The van der Waals surface area contributed by atoms with Gasteiger partial charge in [0.2, 0.25) is 0 Å². The largest absolute Gasteiger partial charge is 0.463 e. The number of amides is 1. The second kappa shape index (κ2) is 6.79. The first-order valence-electron chi connectivity index (χ1n) is 8.31. The minimum Gasteiger partial charge on any atom is -0.463 e. The molecule has 0 aliphatic carbocycles. The van der Waals surface area contributed by atoms with Crippen molar-refractivity contribution in [1.82, 2.24) is 0 Å². The second-order valence-corrected chi connectivity index (χ2v) is 8.00. The van der Waals surface area contributed by atoms with Crippen LogP contribution in [0.25, 0.3) is 17.0 Å². The van der Waals surface area contributed by atoms with E-state index in [4.69, 9.17) is 16.6 Å². The van der Waals surface area contributed by atoms with Gasteiger partial charge in [-0.3, -0.25) is 14.5 Å². The Balaban J connectivity index is 1.76. The Morgan fingerprint density at radius 3 is 2.67 bits per heavy atom. The monoisotopic (exact) mass is 393 g/mol. The molecule has 0 unspecified atom stereocenters. The molecule has 0 radical (unpaired) electrons. The lowest BCUT2D eigenvalue weighted by Crippen LogP contribution is -2.28. The first kappa shape index (κ1) is 17.7.